The van der Waals surface area contributed by atoms with Crippen LogP contribution in [-0.2, 0) is 6.54 Å². The lowest BCUT2D eigenvalue weighted by atomic mass is 10.1. The van der Waals surface area contributed by atoms with Gasteiger partial charge in [0.05, 0.1) is 6.54 Å². The predicted octanol–water partition coefficient (Wildman–Crippen LogP) is 1.03. The third kappa shape index (κ3) is 4.43. The molecule has 2 aromatic heterocycles. The van der Waals surface area contributed by atoms with Gasteiger partial charge in [-0.2, -0.15) is 5.10 Å². The van der Waals surface area contributed by atoms with Gasteiger partial charge < -0.3 is 15.5 Å². The molecule has 128 valence electrons. The van der Waals surface area contributed by atoms with Gasteiger partial charge in [-0.05, 0) is 31.9 Å². The van der Waals surface area contributed by atoms with Gasteiger partial charge in [-0.25, -0.2) is 14.8 Å². The van der Waals surface area contributed by atoms with E-state index >= 15 is 0 Å². The summed E-state index contributed by atoms with van der Waals surface area (Å²) in [4.78, 5) is 22.9. The minimum atomic E-state index is -0.143. The molecular formula is C16H23N7O. The molecule has 0 aromatic carbocycles. The number of carbonyl (C=O) groups excluding carboxylic acids is 1. The number of hydrogen-bond donors (Lipinski definition) is 2. The number of piperidine rings is 1. The van der Waals surface area contributed by atoms with Crippen LogP contribution in [0.25, 0.3) is 0 Å². The molecule has 8 nitrogen and oxygen atoms in total. The van der Waals surface area contributed by atoms with Crippen LogP contribution in [-0.4, -0.2) is 51.0 Å². The second kappa shape index (κ2) is 7.76. The van der Waals surface area contributed by atoms with Crippen LogP contribution in [0.2, 0.25) is 0 Å². The van der Waals surface area contributed by atoms with Gasteiger partial charge in [0.25, 0.3) is 0 Å². The van der Waals surface area contributed by atoms with E-state index < -0.39 is 0 Å². The molecule has 0 bridgehead atoms. The topological polar surface area (TPSA) is 88.0 Å². The first-order chi connectivity index (χ1) is 11.7. The number of urea groups is 1. The molecule has 0 aliphatic carbocycles. The van der Waals surface area contributed by atoms with Gasteiger partial charge in [-0.1, -0.05) is 0 Å². The van der Waals surface area contributed by atoms with Crippen LogP contribution in [0.5, 0.6) is 0 Å². The highest BCUT2D eigenvalue weighted by atomic mass is 16.2. The summed E-state index contributed by atoms with van der Waals surface area (Å²) in [5.41, 5.74) is 0. The molecule has 3 heterocycles. The predicted molar refractivity (Wildman–Crippen MR) is 90.6 cm³/mol. The Morgan fingerprint density at radius 3 is 2.92 bits per heavy atom. The molecule has 8 heteroatoms. The second-order valence-corrected chi connectivity index (χ2v) is 6.08. The Morgan fingerprint density at radius 2 is 2.17 bits per heavy atom. The number of rotatable bonds is 5. The Bertz CT molecular complexity index is 631. The van der Waals surface area contributed by atoms with E-state index in [0.29, 0.717) is 6.54 Å². The van der Waals surface area contributed by atoms with Crippen molar-refractivity contribution in [2.24, 2.45) is 0 Å². The standard InChI is InChI=1S/C16H23N7O/c1-13(11-23-10-4-8-19-23)20-16(24)21-14-5-2-9-22(12-14)15-17-6-3-7-18-15/h3-4,6-8,10,13-14H,2,5,9,11-12H2,1H3,(H2,20,21,24)/t13-,14-/m1/s1. The van der Waals surface area contributed by atoms with E-state index in [2.05, 4.69) is 30.6 Å². The number of aromatic nitrogens is 4. The summed E-state index contributed by atoms with van der Waals surface area (Å²) < 4.78 is 1.81. The van der Waals surface area contributed by atoms with Crippen molar-refractivity contribution in [2.45, 2.75) is 38.4 Å². The number of hydrogen-bond acceptors (Lipinski definition) is 5. The summed E-state index contributed by atoms with van der Waals surface area (Å²) in [7, 11) is 0. The monoisotopic (exact) mass is 329 g/mol. The van der Waals surface area contributed by atoms with Gasteiger partial charge >= 0.3 is 6.03 Å². The quantitative estimate of drug-likeness (QED) is 0.855. The first-order valence-corrected chi connectivity index (χ1v) is 8.27. The zero-order valence-electron chi connectivity index (χ0n) is 13.8. The van der Waals surface area contributed by atoms with Gasteiger partial charge in [0, 0.05) is 50.0 Å². The van der Waals surface area contributed by atoms with Gasteiger partial charge in [0.2, 0.25) is 5.95 Å². The average molecular weight is 329 g/mol. The minimum Gasteiger partial charge on any atom is -0.339 e. The van der Waals surface area contributed by atoms with Crippen LogP contribution in [0.3, 0.4) is 0 Å². The SMILES string of the molecule is C[C@H](Cn1cccn1)NC(=O)N[C@@H]1CCCN(c2ncccn2)C1. The third-order valence-corrected chi connectivity index (χ3v) is 3.99. The molecule has 2 atom stereocenters. The molecule has 3 rings (SSSR count). The molecule has 1 fully saturated rings. The van der Waals surface area contributed by atoms with Crippen molar-refractivity contribution in [3.63, 3.8) is 0 Å². The maximum Gasteiger partial charge on any atom is 0.315 e. The summed E-state index contributed by atoms with van der Waals surface area (Å²) in [6, 6.07) is 3.63. The Morgan fingerprint density at radius 1 is 1.33 bits per heavy atom. The summed E-state index contributed by atoms with van der Waals surface area (Å²) in [6.45, 7) is 4.26. The highest BCUT2D eigenvalue weighted by Gasteiger charge is 2.23. The maximum absolute atomic E-state index is 12.2. The molecule has 0 spiro atoms. The fourth-order valence-electron chi connectivity index (χ4n) is 2.92. The fourth-order valence-corrected chi connectivity index (χ4v) is 2.92. The van der Waals surface area contributed by atoms with E-state index in [1.165, 1.54) is 0 Å². The first kappa shape index (κ1) is 16.2. The molecule has 0 unspecified atom stereocenters. The highest BCUT2D eigenvalue weighted by Crippen LogP contribution is 2.15. The summed E-state index contributed by atoms with van der Waals surface area (Å²) >= 11 is 0. The zero-order chi connectivity index (χ0) is 16.8. The lowest BCUT2D eigenvalue weighted by Crippen LogP contribution is -2.52. The lowest BCUT2D eigenvalue weighted by Gasteiger charge is -2.33. The van der Waals surface area contributed by atoms with E-state index in [0.717, 1.165) is 31.9 Å². The molecule has 24 heavy (non-hydrogen) atoms. The molecular weight excluding hydrogens is 306 g/mol. The van der Waals surface area contributed by atoms with E-state index in [1.807, 2.05) is 19.2 Å². The highest BCUT2D eigenvalue weighted by molar-refractivity contribution is 5.74. The van der Waals surface area contributed by atoms with Crippen LogP contribution < -0.4 is 15.5 Å². The smallest absolute Gasteiger partial charge is 0.315 e. The summed E-state index contributed by atoms with van der Waals surface area (Å²) in [5, 5.41) is 10.2. The van der Waals surface area contributed by atoms with Crippen molar-refractivity contribution in [3.8, 4) is 0 Å². The first-order valence-electron chi connectivity index (χ1n) is 8.27. The maximum atomic E-state index is 12.2. The summed E-state index contributed by atoms with van der Waals surface area (Å²) in [5.74, 6) is 0.719. The molecule has 2 aromatic rings. The van der Waals surface area contributed by atoms with Crippen LogP contribution >= 0.6 is 0 Å². The fraction of sp³-hybridized carbons (Fsp3) is 0.500. The molecule has 2 amide bonds. The minimum absolute atomic E-state index is 0.00190. The van der Waals surface area contributed by atoms with Crippen LogP contribution in [0.15, 0.2) is 36.9 Å². The van der Waals surface area contributed by atoms with Crippen LogP contribution in [0.4, 0.5) is 10.7 Å². The molecule has 0 radical (unpaired) electrons. The third-order valence-electron chi connectivity index (χ3n) is 3.99. The Kier molecular flexibility index (Phi) is 5.25. The number of amides is 2. The molecule has 1 aliphatic heterocycles. The van der Waals surface area contributed by atoms with E-state index in [4.69, 9.17) is 0 Å². The Balaban J connectivity index is 1.47. The number of anilines is 1. The second-order valence-electron chi connectivity index (χ2n) is 6.08. The molecule has 1 aliphatic rings. The van der Waals surface area contributed by atoms with Crippen molar-refractivity contribution in [1.29, 1.82) is 0 Å². The lowest BCUT2D eigenvalue weighted by molar-refractivity contribution is 0.230. The molecule has 0 saturated carbocycles. The van der Waals surface area contributed by atoms with Gasteiger partial charge in [0.15, 0.2) is 0 Å². The zero-order valence-corrected chi connectivity index (χ0v) is 13.8. The van der Waals surface area contributed by atoms with Crippen molar-refractivity contribution in [2.75, 3.05) is 18.0 Å². The largest absolute Gasteiger partial charge is 0.339 e. The number of nitrogens with zero attached hydrogens (tertiary/aromatic N) is 5. The normalized spacial score (nSPS) is 18.9. The van der Waals surface area contributed by atoms with Crippen LogP contribution in [0, 0.1) is 0 Å². The van der Waals surface area contributed by atoms with Crippen LogP contribution in [0.1, 0.15) is 19.8 Å². The van der Waals surface area contributed by atoms with Crippen molar-refractivity contribution >= 4 is 12.0 Å². The van der Waals surface area contributed by atoms with E-state index in [-0.39, 0.29) is 18.1 Å². The summed E-state index contributed by atoms with van der Waals surface area (Å²) in [6.07, 6.45) is 9.06. The van der Waals surface area contributed by atoms with E-state index in [1.54, 1.807) is 29.3 Å². The van der Waals surface area contributed by atoms with Gasteiger partial charge in [0.1, 0.15) is 0 Å². The molecule has 2 N–H and O–H groups in total. The van der Waals surface area contributed by atoms with Crippen molar-refractivity contribution in [3.05, 3.63) is 36.9 Å². The van der Waals surface area contributed by atoms with Gasteiger partial charge in [-0.15, -0.1) is 0 Å². The van der Waals surface area contributed by atoms with Crippen molar-refractivity contribution in [1.82, 2.24) is 30.4 Å². The average Bonchev–Trinajstić information content (AvgIpc) is 3.08. The Hall–Kier alpha value is -2.64. The van der Waals surface area contributed by atoms with E-state index in [9.17, 15) is 4.79 Å². The number of nitrogens with one attached hydrogen (secondary N) is 2. The van der Waals surface area contributed by atoms with Gasteiger partial charge in [-0.3, -0.25) is 4.68 Å². The van der Waals surface area contributed by atoms with Crippen molar-refractivity contribution < 1.29 is 4.79 Å². The number of carbonyl (C=O) groups is 1. The molecule has 1 saturated heterocycles. The Labute approximate surface area is 141 Å².